The minimum Gasteiger partial charge on any atom is -0.308 e. The van der Waals surface area contributed by atoms with E-state index >= 15 is 0 Å². The molecule has 26 heavy (non-hydrogen) atoms. The molecule has 2 aromatic heterocycles. The summed E-state index contributed by atoms with van der Waals surface area (Å²) >= 11 is 1.56. The largest absolute Gasteiger partial charge is 0.308 e. The quantitative estimate of drug-likeness (QED) is 0.691. The molecule has 138 valence electrons. The highest BCUT2D eigenvalue weighted by Crippen LogP contribution is 2.32. The molecule has 0 saturated heterocycles. The van der Waals surface area contributed by atoms with Crippen molar-refractivity contribution in [3.05, 3.63) is 40.7 Å². The average Bonchev–Trinajstić information content (AvgIpc) is 3.15. The first-order valence-corrected chi connectivity index (χ1v) is 9.43. The van der Waals surface area contributed by atoms with Crippen LogP contribution in [0.25, 0.3) is 10.2 Å². The highest BCUT2D eigenvalue weighted by atomic mass is 32.1. The molecule has 2 heterocycles. The second kappa shape index (κ2) is 7.17. The number of aromatic nitrogens is 3. The van der Waals surface area contributed by atoms with E-state index in [0.717, 1.165) is 27.5 Å². The molecule has 0 spiro atoms. The van der Waals surface area contributed by atoms with Crippen LogP contribution in [0.5, 0.6) is 0 Å². The second-order valence-electron chi connectivity index (χ2n) is 6.91. The normalized spacial score (nSPS) is 11.5. The van der Waals surface area contributed by atoms with Gasteiger partial charge in [-0.05, 0) is 57.6 Å². The first kappa shape index (κ1) is 18.5. The number of nitrogens with zero attached hydrogens (tertiary/aromatic N) is 5. The van der Waals surface area contributed by atoms with Crippen LogP contribution >= 0.6 is 11.3 Å². The molecule has 0 aliphatic carbocycles. The summed E-state index contributed by atoms with van der Waals surface area (Å²) in [6.07, 6.45) is 1.73. The number of carbonyl (C=O) groups excluding carboxylic acids is 1. The molecule has 0 fully saturated rings. The summed E-state index contributed by atoms with van der Waals surface area (Å²) in [5, 5.41) is 4.96. The van der Waals surface area contributed by atoms with Crippen molar-refractivity contribution in [1.82, 2.24) is 19.7 Å². The van der Waals surface area contributed by atoms with Crippen molar-refractivity contribution in [3.63, 3.8) is 0 Å². The van der Waals surface area contributed by atoms with Crippen molar-refractivity contribution in [2.45, 2.75) is 20.8 Å². The smallest absolute Gasteiger partial charge is 0.278 e. The number of benzene rings is 1. The molecule has 0 saturated carbocycles. The first-order chi connectivity index (χ1) is 12.3. The van der Waals surface area contributed by atoms with Gasteiger partial charge in [0.05, 0.1) is 16.4 Å². The lowest BCUT2D eigenvalue weighted by atomic mass is 10.1. The van der Waals surface area contributed by atoms with Crippen LogP contribution in [0.15, 0.2) is 18.3 Å². The number of thiazole rings is 1. The van der Waals surface area contributed by atoms with Gasteiger partial charge in [0.15, 0.2) is 5.13 Å². The predicted octanol–water partition coefficient (Wildman–Crippen LogP) is 3.16. The number of amides is 1. The zero-order chi connectivity index (χ0) is 19.0. The molecule has 0 N–H and O–H groups in total. The highest BCUT2D eigenvalue weighted by Gasteiger charge is 2.25. The number of likely N-dealkylation sites (N-methyl/N-ethyl adjacent to an activating group) is 1. The summed E-state index contributed by atoms with van der Waals surface area (Å²) in [4.78, 5) is 22.0. The fourth-order valence-corrected chi connectivity index (χ4v) is 3.95. The second-order valence-corrected chi connectivity index (χ2v) is 7.92. The van der Waals surface area contributed by atoms with Crippen molar-refractivity contribution in [1.29, 1.82) is 0 Å². The van der Waals surface area contributed by atoms with Crippen molar-refractivity contribution in [2.24, 2.45) is 7.05 Å². The van der Waals surface area contributed by atoms with Crippen molar-refractivity contribution in [3.8, 4) is 0 Å². The van der Waals surface area contributed by atoms with Crippen molar-refractivity contribution in [2.75, 3.05) is 32.1 Å². The molecule has 0 atom stereocenters. The van der Waals surface area contributed by atoms with Crippen molar-refractivity contribution < 1.29 is 4.79 Å². The van der Waals surface area contributed by atoms with Gasteiger partial charge in [-0.3, -0.25) is 14.4 Å². The minimum absolute atomic E-state index is 0.0576. The maximum atomic E-state index is 13.3. The fraction of sp³-hybridized carbons (Fsp3) is 0.421. The van der Waals surface area contributed by atoms with Gasteiger partial charge in [0.2, 0.25) is 0 Å². The summed E-state index contributed by atoms with van der Waals surface area (Å²) in [5.41, 5.74) is 4.84. The molecule has 0 bridgehead atoms. The Morgan fingerprint density at radius 2 is 1.88 bits per heavy atom. The number of hydrogen-bond donors (Lipinski definition) is 0. The third-order valence-corrected chi connectivity index (χ3v) is 5.69. The van der Waals surface area contributed by atoms with Crippen LogP contribution < -0.4 is 4.90 Å². The lowest BCUT2D eigenvalue weighted by molar-refractivity contribution is 0.0975. The van der Waals surface area contributed by atoms with E-state index in [1.807, 2.05) is 21.0 Å². The summed E-state index contributed by atoms with van der Waals surface area (Å²) in [6.45, 7) is 7.42. The lowest BCUT2D eigenvalue weighted by Gasteiger charge is -2.22. The molecule has 1 amide bonds. The summed E-state index contributed by atoms with van der Waals surface area (Å²) in [7, 11) is 5.81. The Hall–Kier alpha value is -2.25. The van der Waals surface area contributed by atoms with Gasteiger partial charge >= 0.3 is 0 Å². The zero-order valence-corrected chi connectivity index (χ0v) is 17.0. The van der Waals surface area contributed by atoms with Crippen molar-refractivity contribution >= 4 is 32.6 Å². The van der Waals surface area contributed by atoms with Crippen LogP contribution in [0.2, 0.25) is 0 Å². The maximum absolute atomic E-state index is 13.3. The van der Waals surface area contributed by atoms with Crippen LogP contribution in [0, 0.1) is 20.8 Å². The van der Waals surface area contributed by atoms with E-state index in [1.165, 1.54) is 11.1 Å². The van der Waals surface area contributed by atoms with E-state index in [1.54, 1.807) is 34.2 Å². The molecule has 6 nitrogen and oxygen atoms in total. The fourth-order valence-electron chi connectivity index (χ4n) is 2.90. The van der Waals surface area contributed by atoms with Gasteiger partial charge in [0.25, 0.3) is 5.91 Å². The number of anilines is 1. The Labute approximate surface area is 158 Å². The Morgan fingerprint density at radius 3 is 2.50 bits per heavy atom. The molecule has 0 radical (unpaired) electrons. The highest BCUT2D eigenvalue weighted by molar-refractivity contribution is 7.22. The Bertz CT molecular complexity index is 937. The number of fused-ring (bicyclic) bond motifs is 1. The van der Waals surface area contributed by atoms with Gasteiger partial charge < -0.3 is 4.90 Å². The SMILES string of the molecule is Cc1ccc2sc(N(CCN(C)C)C(=O)c3c(C)cnn3C)nc2c1C. The molecule has 0 unspecified atom stereocenters. The molecule has 1 aromatic carbocycles. The summed E-state index contributed by atoms with van der Waals surface area (Å²) in [6, 6.07) is 4.19. The predicted molar refractivity (Wildman–Crippen MR) is 107 cm³/mol. The van der Waals surface area contributed by atoms with Gasteiger partial charge in [0.1, 0.15) is 5.69 Å². The van der Waals surface area contributed by atoms with E-state index in [0.29, 0.717) is 12.2 Å². The Balaban J connectivity index is 2.06. The van der Waals surface area contributed by atoms with Crippen LogP contribution in [0.1, 0.15) is 27.2 Å². The summed E-state index contributed by atoms with van der Waals surface area (Å²) < 4.78 is 2.75. The van der Waals surface area contributed by atoms with Crippen LogP contribution in [0.3, 0.4) is 0 Å². The maximum Gasteiger partial charge on any atom is 0.278 e. The number of aryl methyl sites for hydroxylation is 4. The summed E-state index contributed by atoms with van der Waals surface area (Å²) in [5.74, 6) is -0.0576. The number of carbonyl (C=O) groups is 1. The minimum atomic E-state index is -0.0576. The van der Waals surface area contributed by atoms with E-state index < -0.39 is 0 Å². The zero-order valence-electron chi connectivity index (χ0n) is 16.2. The van der Waals surface area contributed by atoms with E-state index in [-0.39, 0.29) is 5.91 Å². The van der Waals surface area contributed by atoms with E-state index in [4.69, 9.17) is 4.98 Å². The average molecular weight is 372 g/mol. The molecule has 0 aliphatic rings. The number of hydrogen-bond acceptors (Lipinski definition) is 5. The molecule has 3 rings (SSSR count). The van der Waals surface area contributed by atoms with Crippen LogP contribution in [-0.2, 0) is 7.05 Å². The lowest BCUT2D eigenvalue weighted by Crippen LogP contribution is -2.38. The van der Waals surface area contributed by atoms with E-state index in [9.17, 15) is 4.79 Å². The molecule has 7 heteroatoms. The first-order valence-electron chi connectivity index (χ1n) is 8.61. The monoisotopic (exact) mass is 371 g/mol. The standard InChI is InChI=1S/C19H25N5OS/c1-12-7-8-15-16(14(12)3)21-19(26-15)24(10-9-22(4)5)18(25)17-13(2)11-20-23(17)6/h7-8,11H,9-10H2,1-6H3. The molecular formula is C19H25N5OS. The Kier molecular flexibility index (Phi) is 5.11. The number of rotatable bonds is 5. The van der Waals surface area contributed by atoms with E-state index in [2.05, 4.69) is 36.0 Å². The third-order valence-electron chi connectivity index (χ3n) is 4.64. The van der Waals surface area contributed by atoms with Gasteiger partial charge in [0, 0.05) is 20.1 Å². The Morgan fingerprint density at radius 1 is 1.15 bits per heavy atom. The molecule has 3 aromatic rings. The van der Waals surface area contributed by atoms with Gasteiger partial charge in [-0.1, -0.05) is 17.4 Å². The molecule has 0 aliphatic heterocycles. The van der Waals surface area contributed by atoms with Gasteiger partial charge in [-0.2, -0.15) is 5.10 Å². The topological polar surface area (TPSA) is 54.3 Å². The van der Waals surface area contributed by atoms with Gasteiger partial charge in [-0.15, -0.1) is 0 Å². The molecular weight excluding hydrogens is 346 g/mol. The third kappa shape index (κ3) is 3.37. The van der Waals surface area contributed by atoms with Crippen LogP contribution in [0.4, 0.5) is 5.13 Å². The van der Waals surface area contributed by atoms with Crippen LogP contribution in [-0.4, -0.2) is 52.8 Å². The van der Waals surface area contributed by atoms with Gasteiger partial charge in [-0.25, -0.2) is 4.98 Å².